The maximum absolute atomic E-state index is 11.0. The molecule has 2 heterocycles. The van der Waals surface area contributed by atoms with Crippen molar-refractivity contribution in [3.8, 4) is 0 Å². The second kappa shape index (κ2) is 2.76. The fourth-order valence-corrected chi connectivity index (χ4v) is 2.42. The molecule has 2 saturated heterocycles. The molecule has 2 atom stereocenters. The number of alkyl halides is 1. The molecular weight excluding hydrogens is 162 g/mol. The van der Waals surface area contributed by atoms with E-state index in [1.807, 2.05) is 0 Å². The number of nitrogens with zero attached hydrogens (tertiary/aromatic N) is 1. The van der Waals surface area contributed by atoms with Crippen molar-refractivity contribution < 1.29 is 4.79 Å². The predicted octanol–water partition coefficient (Wildman–Crippen LogP) is 1.03. The fourth-order valence-electron chi connectivity index (χ4n) is 2.04. The topological polar surface area (TPSA) is 20.3 Å². The van der Waals surface area contributed by atoms with E-state index >= 15 is 0 Å². The van der Waals surface area contributed by atoms with Gasteiger partial charge in [0.2, 0.25) is 0 Å². The molecule has 0 aliphatic carbocycles. The van der Waals surface area contributed by atoms with E-state index in [2.05, 4.69) is 4.90 Å². The lowest BCUT2D eigenvalue weighted by Crippen LogP contribution is -2.38. The molecule has 2 aliphatic rings. The minimum atomic E-state index is 0.283. The van der Waals surface area contributed by atoms with Gasteiger partial charge in [0.15, 0.2) is 0 Å². The number of piperidine rings is 1. The van der Waals surface area contributed by atoms with Crippen LogP contribution in [0.3, 0.4) is 0 Å². The molecule has 2 aliphatic heterocycles. The van der Waals surface area contributed by atoms with Crippen molar-refractivity contribution in [3.05, 3.63) is 0 Å². The highest BCUT2D eigenvalue weighted by Gasteiger charge is 2.34. The molecule has 0 radical (unpaired) electrons. The van der Waals surface area contributed by atoms with Crippen LogP contribution in [-0.4, -0.2) is 35.2 Å². The minimum absolute atomic E-state index is 0.283. The smallest absolute Gasteiger partial charge is 0.135 e. The monoisotopic (exact) mass is 173 g/mol. The second-order valence-electron chi connectivity index (χ2n) is 3.47. The van der Waals surface area contributed by atoms with E-state index in [1.54, 1.807) is 0 Å². The summed E-state index contributed by atoms with van der Waals surface area (Å²) in [4.78, 5) is 13.4. The van der Waals surface area contributed by atoms with Gasteiger partial charge in [0.05, 0.1) is 0 Å². The average molecular weight is 174 g/mol. The molecule has 0 amide bonds. The summed E-state index contributed by atoms with van der Waals surface area (Å²) >= 11 is 5.98. The predicted molar refractivity (Wildman–Crippen MR) is 43.9 cm³/mol. The van der Waals surface area contributed by atoms with Gasteiger partial charge in [-0.2, -0.15) is 0 Å². The zero-order valence-corrected chi connectivity index (χ0v) is 7.18. The Hall–Kier alpha value is -0.0800. The summed E-state index contributed by atoms with van der Waals surface area (Å²) in [5, 5.41) is 0.283. The summed E-state index contributed by atoms with van der Waals surface area (Å²) < 4.78 is 0. The van der Waals surface area contributed by atoms with Crippen molar-refractivity contribution in [2.45, 2.75) is 30.7 Å². The SMILES string of the molecule is O=C1CCN2CC(Cl)CC2C1. The molecule has 0 aromatic heterocycles. The Morgan fingerprint density at radius 3 is 3.18 bits per heavy atom. The zero-order chi connectivity index (χ0) is 7.84. The maximum Gasteiger partial charge on any atom is 0.135 e. The van der Waals surface area contributed by atoms with Gasteiger partial charge in [-0.15, -0.1) is 11.6 Å². The van der Waals surface area contributed by atoms with Gasteiger partial charge in [0.25, 0.3) is 0 Å². The first kappa shape index (κ1) is 7.56. The van der Waals surface area contributed by atoms with Crippen molar-refractivity contribution in [3.63, 3.8) is 0 Å². The Balaban J connectivity index is 2.02. The average Bonchev–Trinajstić information content (AvgIpc) is 2.27. The molecule has 0 bridgehead atoms. The first-order valence-corrected chi connectivity index (χ1v) is 4.59. The Labute approximate surface area is 71.5 Å². The van der Waals surface area contributed by atoms with Gasteiger partial charge in [0.1, 0.15) is 5.78 Å². The number of fused-ring (bicyclic) bond motifs is 1. The Morgan fingerprint density at radius 1 is 1.55 bits per heavy atom. The lowest BCUT2D eigenvalue weighted by molar-refractivity contribution is -0.122. The van der Waals surface area contributed by atoms with Crippen LogP contribution in [0.25, 0.3) is 0 Å². The van der Waals surface area contributed by atoms with Gasteiger partial charge in [-0.05, 0) is 6.42 Å². The quantitative estimate of drug-likeness (QED) is 0.510. The third kappa shape index (κ3) is 1.42. The van der Waals surface area contributed by atoms with E-state index in [4.69, 9.17) is 11.6 Å². The van der Waals surface area contributed by atoms with Gasteiger partial charge < -0.3 is 0 Å². The third-order valence-electron chi connectivity index (χ3n) is 2.62. The molecular formula is C8H12ClNO. The molecule has 2 fully saturated rings. The first-order chi connectivity index (χ1) is 5.25. The highest BCUT2D eigenvalue weighted by atomic mass is 35.5. The van der Waals surface area contributed by atoms with Gasteiger partial charge in [-0.3, -0.25) is 9.69 Å². The van der Waals surface area contributed by atoms with E-state index < -0.39 is 0 Å². The summed E-state index contributed by atoms with van der Waals surface area (Å²) in [6, 6.07) is 0.471. The van der Waals surface area contributed by atoms with Gasteiger partial charge in [0, 0.05) is 37.4 Å². The number of hydrogen-bond donors (Lipinski definition) is 0. The lowest BCUT2D eigenvalue weighted by Gasteiger charge is -2.27. The molecule has 11 heavy (non-hydrogen) atoms. The summed E-state index contributed by atoms with van der Waals surface area (Å²) in [6.07, 6.45) is 2.48. The Morgan fingerprint density at radius 2 is 2.36 bits per heavy atom. The fraction of sp³-hybridized carbons (Fsp3) is 0.875. The number of carbonyl (C=O) groups excluding carboxylic acids is 1. The van der Waals surface area contributed by atoms with Gasteiger partial charge >= 0.3 is 0 Å². The van der Waals surface area contributed by atoms with E-state index in [9.17, 15) is 4.79 Å². The van der Waals surface area contributed by atoms with E-state index in [0.29, 0.717) is 11.8 Å². The zero-order valence-electron chi connectivity index (χ0n) is 6.42. The van der Waals surface area contributed by atoms with Crippen LogP contribution < -0.4 is 0 Å². The molecule has 0 spiro atoms. The summed E-state index contributed by atoms with van der Waals surface area (Å²) in [5.41, 5.74) is 0. The maximum atomic E-state index is 11.0. The molecule has 0 aromatic rings. The van der Waals surface area contributed by atoms with Crippen LogP contribution in [0, 0.1) is 0 Å². The number of carbonyl (C=O) groups is 1. The number of hydrogen-bond acceptors (Lipinski definition) is 2. The molecule has 0 N–H and O–H groups in total. The number of halogens is 1. The highest BCUT2D eigenvalue weighted by Crippen LogP contribution is 2.27. The Kier molecular flexibility index (Phi) is 1.90. The molecule has 3 heteroatoms. The number of rotatable bonds is 0. The summed E-state index contributed by atoms with van der Waals surface area (Å²) in [7, 11) is 0. The minimum Gasteiger partial charge on any atom is -0.300 e. The molecule has 62 valence electrons. The standard InChI is InChI=1S/C8H12ClNO/c9-6-3-7-4-8(11)1-2-10(7)5-6/h6-7H,1-5H2. The van der Waals surface area contributed by atoms with Crippen LogP contribution in [0.4, 0.5) is 0 Å². The van der Waals surface area contributed by atoms with Crippen molar-refractivity contribution >= 4 is 17.4 Å². The lowest BCUT2D eigenvalue weighted by atomic mass is 10.0. The second-order valence-corrected chi connectivity index (χ2v) is 4.09. The van der Waals surface area contributed by atoms with Crippen LogP contribution >= 0.6 is 11.6 Å². The highest BCUT2D eigenvalue weighted by molar-refractivity contribution is 6.21. The van der Waals surface area contributed by atoms with Crippen molar-refractivity contribution in [2.24, 2.45) is 0 Å². The van der Waals surface area contributed by atoms with Crippen LogP contribution in [0.5, 0.6) is 0 Å². The van der Waals surface area contributed by atoms with Gasteiger partial charge in [-0.1, -0.05) is 0 Å². The Bertz CT molecular complexity index is 183. The number of ketones is 1. The third-order valence-corrected chi connectivity index (χ3v) is 2.93. The van der Waals surface area contributed by atoms with Crippen molar-refractivity contribution in [2.75, 3.05) is 13.1 Å². The van der Waals surface area contributed by atoms with Crippen LogP contribution in [-0.2, 0) is 4.79 Å². The normalized spacial score (nSPS) is 39.2. The largest absolute Gasteiger partial charge is 0.300 e. The van der Waals surface area contributed by atoms with Crippen LogP contribution in [0.15, 0.2) is 0 Å². The molecule has 2 rings (SSSR count). The van der Waals surface area contributed by atoms with Crippen LogP contribution in [0.1, 0.15) is 19.3 Å². The summed E-state index contributed by atoms with van der Waals surface area (Å²) in [5.74, 6) is 0.414. The van der Waals surface area contributed by atoms with E-state index in [1.165, 1.54) is 0 Å². The van der Waals surface area contributed by atoms with Crippen LogP contribution in [0.2, 0.25) is 0 Å². The molecule has 2 nitrogen and oxygen atoms in total. The van der Waals surface area contributed by atoms with E-state index in [0.717, 1.165) is 32.4 Å². The molecule has 2 unspecified atom stereocenters. The molecule has 0 saturated carbocycles. The summed E-state index contributed by atoms with van der Waals surface area (Å²) in [6.45, 7) is 1.92. The van der Waals surface area contributed by atoms with E-state index in [-0.39, 0.29) is 5.38 Å². The van der Waals surface area contributed by atoms with Crippen molar-refractivity contribution in [1.29, 1.82) is 0 Å². The van der Waals surface area contributed by atoms with Crippen molar-refractivity contribution in [1.82, 2.24) is 4.90 Å². The first-order valence-electron chi connectivity index (χ1n) is 4.15. The number of Topliss-reactive ketones (excluding diaryl/α,β-unsaturated/α-hetero) is 1. The molecule has 0 aromatic carbocycles. The van der Waals surface area contributed by atoms with Gasteiger partial charge in [-0.25, -0.2) is 0 Å².